The lowest BCUT2D eigenvalue weighted by molar-refractivity contribution is 0.486. The summed E-state index contributed by atoms with van der Waals surface area (Å²) < 4.78 is 25.3. The van der Waals surface area contributed by atoms with E-state index in [1.165, 1.54) is 5.56 Å². The van der Waals surface area contributed by atoms with Gasteiger partial charge in [0.2, 0.25) is 0 Å². The van der Waals surface area contributed by atoms with Crippen LogP contribution in [0.5, 0.6) is 0 Å². The number of rotatable bonds is 4. The first-order chi connectivity index (χ1) is 12.7. The molecular weight excluding hydrogens is 382 g/mol. The second kappa shape index (κ2) is 7.77. The van der Waals surface area contributed by atoms with Crippen molar-refractivity contribution in [2.75, 3.05) is 16.8 Å². The molecule has 9 heteroatoms. The normalized spacial score (nSPS) is 18.7. The number of anilines is 1. The Morgan fingerprint density at radius 3 is 2.63 bits per heavy atom. The van der Waals surface area contributed by atoms with Gasteiger partial charge in [0.05, 0.1) is 29.5 Å². The van der Waals surface area contributed by atoms with Crippen LogP contribution in [0, 0.1) is 20.8 Å². The molecule has 7 nitrogen and oxygen atoms in total. The number of sulfone groups is 1. The number of aryl methyl sites for hydroxylation is 2. The number of hydrazone groups is 1. The Morgan fingerprint density at radius 2 is 2.00 bits per heavy atom. The van der Waals surface area contributed by atoms with Gasteiger partial charge >= 0.3 is 0 Å². The van der Waals surface area contributed by atoms with E-state index >= 15 is 0 Å². The topological polar surface area (TPSA) is 88.4 Å². The molecule has 1 aliphatic heterocycles. The molecule has 2 N–H and O–H groups in total. The van der Waals surface area contributed by atoms with Gasteiger partial charge in [-0.2, -0.15) is 10.2 Å². The SMILES string of the molecule is Cc1ccc(NC(=S)N/N=C\c2c(C)nn([C@H]3CCS(=O)(=O)C3)c2C)cc1. The third-order valence-corrected chi connectivity index (χ3v) is 6.55. The van der Waals surface area contributed by atoms with E-state index in [-0.39, 0.29) is 17.5 Å². The van der Waals surface area contributed by atoms with Crippen LogP contribution < -0.4 is 10.7 Å². The predicted octanol–water partition coefficient (Wildman–Crippen LogP) is 2.49. The molecule has 1 saturated heterocycles. The Kier molecular flexibility index (Phi) is 5.61. The van der Waals surface area contributed by atoms with E-state index < -0.39 is 9.84 Å². The highest BCUT2D eigenvalue weighted by Gasteiger charge is 2.31. The van der Waals surface area contributed by atoms with Gasteiger partial charge in [-0.15, -0.1) is 0 Å². The maximum atomic E-state index is 11.7. The highest BCUT2D eigenvalue weighted by Crippen LogP contribution is 2.26. The van der Waals surface area contributed by atoms with Gasteiger partial charge in [-0.05, 0) is 51.5 Å². The monoisotopic (exact) mass is 405 g/mol. The van der Waals surface area contributed by atoms with Gasteiger partial charge in [-0.25, -0.2) is 8.42 Å². The maximum absolute atomic E-state index is 11.7. The standard InChI is InChI=1S/C18H23N5O2S2/c1-12-4-6-15(7-5-12)20-18(26)21-19-10-17-13(2)22-23(14(17)3)16-8-9-27(24,25)11-16/h4-7,10,16H,8-9,11H2,1-3H3,(H2,20,21,26)/b19-10-/t16-/m0/s1. The maximum Gasteiger partial charge on any atom is 0.191 e. The van der Waals surface area contributed by atoms with Crippen molar-refractivity contribution >= 4 is 39.1 Å². The van der Waals surface area contributed by atoms with Crippen LogP contribution in [0.15, 0.2) is 29.4 Å². The zero-order chi connectivity index (χ0) is 19.6. The van der Waals surface area contributed by atoms with Crippen LogP contribution in [-0.2, 0) is 9.84 Å². The fourth-order valence-electron chi connectivity index (χ4n) is 3.14. The molecule has 144 valence electrons. The quantitative estimate of drug-likeness (QED) is 0.462. The molecule has 1 aliphatic rings. The molecule has 1 aromatic carbocycles. The zero-order valence-electron chi connectivity index (χ0n) is 15.6. The van der Waals surface area contributed by atoms with E-state index in [1.807, 2.05) is 49.7 Å². The number of aromatic nitrogens is 2. The average molecular weight is 406 g/mol. The summed E-state index contributed by atoms with van der Waals surface area (Å²) in [5.41, 5.74) is 7.43. The number of nitrogens with one attached hydrogen (secondary N) is 2. The van der Waals surface area contributed by atoms with Crippen molar-refractivity contribution in [3.63, 3.8) is 0 Å². The molecule has 1 atom stereocenters. The average Bonchev–Trinajstić information content (AvgIpc) is 3.10. The highest BCUT2D eigenvalue weighted by molar-refractivity contribution is 7.91. The minimum atomic E-state index is -2.96. The van der Waals surface area contributed by atoms with Crippen molar-refractivity contribution in [3.05, 3.63) is 46.8 Å². The first kappa shape index (κ1) is 19.5. The predicted molar refractivity (Wildman–Crippen MR) is 112 cm³/mol. The summed E-state index contributed by atoms with van der Waals surface area (Å²) in [5, 5.41) is 12.2. The molecule has 0 amide bonds. The summed E-state index contributed by atoms with van der Waals surface area (Å²) in [6.45, 7) is 5.84. The minimum absolute atomic E-state index is 0.104. The molecular formula is C18H23N5O2S2. The molecule has 0 radical (unpaired) electrons. The molecule has 1 fully saturated rings. The summed E-state index contributed by atoms with van der Waals surface area (Å²) in [6, 6.07) is 7.78. The molecule has 2 heterocycles. The summed E-state index contributed by atoms with van der Waals surface area (Å²) >= 11 is 5.24. The van der Waals surface area contributed by atoms with Crippen molar-refractivity contribution in [3.8, 4) is 0 Å². The van der Waals surface area contributed by atoms with E-state index in [1.54, 1.807) is 6.21 Å². The van der Waals surface area contributed by atoms with E-state index in [4.69, 9.17) is 12.2 Å². The summed E-state index contributed by atoms with van der Waals surface area (Å²) in [4.78, 5) is 0. The summed E-state index contributed by atoms with van der Waals surface area (Å²) in [5.74, 6) is 0.369. The fourth-order valence-corrected chi connectivity index (χ4v) is 5.00. The zero-order valence-corrected chi connectivity index (χ0v) is 17.2. The number of hydrogen-bond donors (Lipinski definition) is 2. The highest BCUT2D eigenvalue weighted by atomic mass is 32.2. The van der Waals surface area contributed by atoms with Crippen LogP contribution >= 0.6 is 12.2 Å². The summed E-state index contributed by atoms with van der Waals surface area (Å²) in [6.07, 6.45) is 2.27. The molecule has 3 rings (SSSR count). The lowest BCUT2D eigenvalue weighted by Gasteiger charge is -2.10. The van der Waals surface area contributed by atoms with Crippen LogP contribution in [0.3, 0.4) is 0 Å². The number of thiocarbonyl (C=S) groups is 1. The second-order valence-corrected chi connectivity index (χ2v) is 9.41. The van der Waals surface area contributed by atoms with Crippen LogP contribution in [0.25, 0.3) is 0 Å². The third kappa shape index (κ3) is 4.72. The molecule has 0 bridgehead atoms. The fraction of sp³-hybridized carbons (Fsp3) is 0.389. The molecule has 1 aromatic heterocycles. The van der Waals surface area contributed by atoms with Gasteiger partial charge < -0.3 is 5.32 Å². The first-order valence-electron chi connectivity index (χ1n) is 8.68. The van der Waals surface area contributed by atoms with Gasteiger partial charge in [0.15, 0.2) is 14.9 Å². The van der Waals surface area contributed by atoms with Gasteiger partial charge in [0.1, 0.15) is 0 Å². The summed E-state index contributed by atoms with van der Waals surface area (Å²) in [7, 11) is -2.96. The van der Waals surface area contributed by atoms with Crippen molar-refractivity contribution in [1.29, 1.82) is 0 Å². The van der Waals surface area contributed by atoms with Crippen LogP contribution in [0.1, 0.15) is 35.0 Å². The van der Waals surface area contributed by atoms with Gasteiger partial charge in [0.25, 0.3) is 0 Å². The minimum Gasteiger partial charge on any atom is -0.331 e. The molecule has 0 unspecified atom stereocenters. The molecule has 2 aromatic rings. The van der Waals surface area contributed by atoms with Crippen molar-refractivity contribution in [2.24, 2.45) is 5.10 Å². The Morgan fingerprint density at radius 1 is 1.30 bits per heavy atom. The number of benzene rings is 1. The largest absolute Gasteiger partial charge is 0.331 e. The number of nitrogens with zero attached hydrogens (tertiary/aromatic N) is 3. The van der Waals surface area contributed by atoms with Crippen LogP contribution in [0.4, 0.5) is 5.69 Å². The van der Waals surface area contributed by atoms with Crippen LogP contribution in [0.2, 0.25) is 0 Å². The van der Waals surface area contributed by atoms with Crippen molar-refractivity contribution in [2.45, 2.75) is 33.2 Å². The lowest BCUT2D eigenvalue weighted by atomic mass is 10.2. The second-order valence-electron chi connectivity index (χ2n) is 6.78. The van der Waals surface area contributed by atoms with E-state index in [9.17, 15) is 8.42 Å². The Bertz CT molecular complexity index is 978. The van der Waals surface area contributed by atoms with Crippen molar-refractivity contribution < 1.29 is 8.42 Å². The van der Waals surface area contributed by atoms with Crippen LogP contribution in [-0.4, -0.2) is 41.0 Å². The Labute approximate surface area is 164 Å². The Hall–Kier alpha value is -2.26. The molecule has 0 saturated carbocycles. The van der Waals surface area contributed by atoms with Gasteiger partial charge in [0, 0.05) is 16.9 Å². The smallest absolute Gasteiger partial charge is 0.191 e. The first-order valence-corrected chi connectivity index (χ1v) is 10.9. The van der Waals surface area contributed by atoms with Gasteiger partial charge in [-0.3, -0.25) is 10.1 Å². The Balaban J connectivity index is 1.65. The van der Waals surface area contributed by atoms with Crippen molar-refractivity contribution in [1.82, 2.24) is 15.2 Å². The third-order valence-electron chi connectivity index (χ3n) is 4.60. The molecule has 27 heavy (non-hydrogen) atoms. The van der Waals surface area contributed by atoms with Gasteiger partial charge in [-0.1, -0.05) is 17.7 Å². The van der Waals surface area contributed by atoms with E-state index in [0.29, 0.717) is 11.5 Å². The molecule has 0 aliphatic carbocycles. The molecule has 0 spiro atoms. The lowest BCUT2D eigenvalue weighted by Crippen LogP contribution is -2.23. The number of hydrogen-bond acceptors (Lipinski definition) is 5. The van der Waals surface area contributed by atoms with E-state index in [0.717, 1.165) is 22.6 Å². The van der Waals surface area contributed by atoms with E-state index in [2.05, 4.69) is 20.9 Å².